The summed E-state index contributed by atoms with van der Waals surface area (Å²) in [5, 5.41) is 16.0. The normalized spacial score (nSPS) is 25.6. The van der Waals surface area contributed by atoms with Gasteiger partial charge in [-0.3, -0.25) is 9.69 Å². The summed E-state index contributed by atoms with van der Waals surface area (Å²) in [5.74, 6) is 0.341. The van der Waals surface area contributed by atoms with Gasteiger partial charge in [-0.1, -0.05) is 30.3 Å². The Labute approximate surface area is 168 Å². The van der Waals surface area contributed by atoms with Crippen molar-refractivity contribution in [3.8, 4) is 0 Å². The Bertz CT molecular complexity index is 983. The number of carbonyl (C=O) groups is 1. The van der Waals surface area contributed by atoms with Crippen LogP contribution in [-0.4, -0.2) is 72.6 Å². The van der Waals surface area contributed by atoms with Gasteiger partial charge < -0.3 is 10.0 Å². The molecule has 1 aromatic carbocycles. The van der Waals surface area contributed by atoms with Crippen LogP contribution >= 0.6 is 0 Å². The maximum absolute atomic E-state index is 13.1. The number of amides is 1. The molecule has 5 rings (SSSR count). The fourth-order valence-corrected chi connectivity index (χ4v) is 4.61. The van der Waals surface area contributed by atoms with Gasteiger partial charge in [-0.2, -0.15) is 4.98 Å². The van der Waals surface area contributed by atoms with Crippen molar-refractivity contribution in [2.45, 2.75) is 30.9 Å². The summed E-state index contributed by atoms with van der Waals surface area (Å²) in [6.07, 6.45) is 6.07. The van der Waals surface area contributed by atoms with E-state index in [9.17, 15) is 9.90 Å². The van der Waals surface area contributed by atoms with Gasteiger partial charge in [0.05, 0.1) is 6.04 Å². The highest BCUT2D eigenvalue weighted by Crippen LogP contribution is 2.37. The van der Waals surface area contributed by atoms with Gasteiger partial charge in [0.25, 0.3) is 11.7 Å². The number of aromatic nitrogens is 4. The van der Waals surface area contributed by atoms with Crippen LogP contribution in [-0.2, 0) is 5.60 Å². The molecule has 4 heterocycles. The predicted octanol–water partition coefficient (Wildman–Crippen LogP) is 1.32. The van der Waals surface area contributed by atoms with E-state index >= 15 is 0 Å². The largest absolute Gasteiger partial charge is 0.383 e. The summed E-state index contributed by atoms with van der Waals surface area (Å²) in [4.78, 5) is 25.7. The van der Waals surface area contributed by atoms with Crippen LogP contribution < -0.4 is 0 Å². The SMILES string of the molecule is O=C(c1nc2ncccn2n1)N1CC[C@](O)(c2ccccc2)[C@H](N2CCCC2)C1. The lowest BCUT2D eigenvalue weighted by Gasteiger charge is -2.48. The van der Waals surface area contributed by atoms with Gasteiger partial charge in [0.1, 0.15) is 5.60 Å². The Balaban J connectivity index is 1.44. The number of nitrogens with zero attached hydrogens (tertiary/aromatic N) is 6. The minimum absolute atomic E-state index is 0.147. The molecule has 0 unspecified atom stereocenters. The minimum atomic E-state index is -0.976. The van der Waals surface area contributed by atoms with Gasteiger partial charge in [-0.15, -0.1) is 5.10 Å². The first-order valence-electron chi connectivity index (χ1n) is 10.1. The number of aliphatic hydroxyl groups is 1. The number of benzene rings is 1. The van der Waals surface area contributed by atoms with Crippen molar-refractivity contribution >= 4 is 11.7 Å². The first-order valence-corrected chi connectivity index (χ1v) is 10.1. The number of carbonyl (C=O) groups excluding carboxylic acids is 1. The molecule has 2 atom stereocenters. The molecule has 29 heavy (non-hydrogen) atoms. The summed E-state index contributed by atoms with van der Waals surface area (Å²) in [6.45, 7) is 2.79. The molecule has 0 saturated carbocycles. The number of fused-ring (bicyclic) bond motifs is 1. The number of hydrogen-bond donors (Lipinski definition) is 1. The van der Waals surface area contributed by atoms with E-state index in [1.807, 2.05) is 30.3 Å². The van der Waals surface area contributed by atoms with E-state index in [4.69, 9.17) is 0 Å². The molecule has 2 saturated heterocycles. The van der Waals surface area contributed by atoms with Crippen LogP contribution in [0.3, 0.4) is 0 Å². The fourth-order valence-electron chi connectivity index (χ4n) is 4.61. The quantitative estimate of drug-likeness (QED) is 0.724. The molecular weight excluding hydrogens is 368 g/mol. The van der Waals surface area contributed by atoms with Crippen LogP contribution in [0.4, 0.5) is 0 Å². The van der Waals surface area contributed by atoms with E-state index in [0.717, 1.165) is 31.5 Å². The van der Waals surface area contributed by atoms with Crippen molar-refractivity contribution in [1.82, 2.24) is 29.4 Å². The van der Waals surface area contributed by atoms with Gasteiger partial charge in [-0.25, -0.2) is 9.50 Å². The second kappa shape index (κ2) is 7.20. The first kappa shape index (κ1) is 18.2. The zero-order valence-corrected chi connectivity index (χ0v) is 16.2. The lowest BCUT2D eigenvalue weighted by atomic mass is 9.79. The van der Waals surface area contributed by atoms with E-state index in [1.54, 1.807) is 23.4 Å². The van der Waals surface area contributed by atoms with E-state index in [2.05, 4.69) is 20.0 Å². The molecule has 8 nitrogen and oxygen atoms in total. The Morgan fingerprint density at radius 3 is 2.66 bits per heavy atom. The van der Waals surface area contributed by atoms with Crippen molar-refractivity contribution in [2.24, 2.45) is 0 Å². The Morgan fingerprint density at radius 2 is 1.90 bits per heavy atom. The third kappa shape index (κ3) is 3.18. The lowest BCUT2D eigenvalue weighted by molar-refractivity contribution is -0.0879. The minimum Gasteiger partial charge on any atom is -0.383 e. The Kier molecular flexibility index (Phi) is 4.52. The average molecular weight is 392 g/mol. The van der Waals surface area contributed by atoms with Gasteiger partial charge >= 0.3 is 0 Å². The van der Waals surface area contributed by atoms with Crippen LogP contribution in [0.5, 0.6) is 0 Å². The smallest absolute Gasteiger partial charge is 0.293 e. The lowest BCUT2D eigenvalue weighted by Crippen LogP contribution is -2.61. The van der Waals surface area contributed by atoms with Crippen LogP contribution in [0.25, 0.3) is 5.78 Å². The zero-order chi connectivity index (χ0) is 19.8. The standard InChI is InChI=1S/C21H24N6O2/c28-19(18-23-20-22-10-6-13-27(20)24-18)26-14-9-21(29,16-7-2-1-3-8-16)17(15-26)25-11-4-5-12-25/h1-3,6-8,10,13,17,29H,4-5,9,11-12,14-15H2/t17-,21+/m1/s1. The van der Waals surface area contributed by atoms with Crippen molar-refractivity contribution in [3.63, 3.8) is 0 Å². The Hall–Kier alpha value is -2.84. The highest BCUT2D eigenvalue weighted by Gasteiger charge is 2.47. The van der Waals surface area contributed by atoms with Crippen molar-refractivity contribution < 1.29 is 9.90 Å². The fraction of sp³-hybridized carbons (Fsp3) is 0.429. The molecule has 8 heteroatoms. The number of piperidine rings is 1. The summed E-state index contributed by atoms with van der Waals surface area (Å²) >= 11 is 0. The third-order valence-electron chi connectivity index (χ3n) is 6.16. The summed E-state index contributed by atoms with van der Waals surface area (Å²) in [7, 11) is 0. The molecule has 2 aliphatic heterocycles. The molecule has 2 aliphatic rings. The van der Waals surface area contributed by atoms with Crippen molar-refractivity contribution in [3.05, 3.63) is 60.2 Å². The monoisotopic (exact) mass is 392 g/mol. The molecule has 1 amide bonds. The predicted molar refractivity (Wildman–Crippen MR) is 106 cm³/mol. The van der Waals surface area contributed by atoms with Gasteiger partial charge in [0.2, 0.25) is 5.82 Å². The molecule has 150 valence electrons. The van der Waals surface area contributed by atoms with Gasteiger partial charge in [0.15, 0.2) is 0 Å². The highest BCUT2D eigenvalue weighted by molar-refractivity contribution is 5.91. The number of likely N-dealkylation sites (tertiary alicyclic amines) is 2. The average Bonchev–Trinajstić information content (AvgIpc) is 3.44. The van der Waals surface area contributed by atoms with E-state index in [0.29, 0.717) is 25.3 Å². The van der Waals surface area contributed by atoms with Crippen molar-refractivity contribution in [1.29, 1.82) is 0 Å². The van der Waals surface area contributed by atoms with Gasteiger partial charge in [-0.05, 0) is 44.0 Å². The molecule has 0 bridgehead atoms. The van der Waals surface area contributed by atoms with Crippen LogP contribution in [0.1, 0.15) is 35.4 Å². The van der Waals surface area contributed by atoms with Gasteiger partial charge in [0, 0.05) is 25.5 Å². The molecule has 1 N–H and O–H groups in total. The molecule has 0 radical (unpaired) electrons. The highest BCUT2D eigenvalue weighted by atomic mass is 16.3. The van der Waals surface area contributed by atoms with Crippen LogP contribution in [0.15, 0.2) is 48.8 Å². The zero-order valence-electron chi connectivity index (χ0n) is 16.2. The first-order chi connectivity index (χ1) is 14.1. The van der Waals surface area contributed by atoms with E-state index in [1.165, 1.54) is 4.52 Å². The summed E-state index contributed by atoms with van der Waals surface area (Å²) in [6, 6.07) is 11.4. The van der Waals surface area contributed by atoms with E-state index < -0.39 is 5.60 Å². The number of hydrogen-bond acceptors (Lipinski definition) is 6. The molecule has 2 fully saturated rings. The summed E-state index contributed by atoms with van der Waals surface area (Å²) < 4.78 is 1.51. The molecule has 2 aromatic heterocycles. The molecule has 0 spiro atoms. The maximum atomic E-state index is 13.1. The second-order valence-corrected chi connectivity index (χ2v) is 7.85. The Morgan fingerprint density at radius 1 is 1.10 bits per heavy atom. The molecular formula is C21H24N6O2. The van der Waals surface area contributed by atoms with E-state index in [-0.39, 0.29) is 17.8 Å². The topological polar surface area (TPSA) is 86.9 Å². The van der Waals surface area contributed by atoms with Crippen molar-refractivity contribution in [2.75, 3.05) is 26.2 Å². The van der Waals surface area contributed by atoms with Crippen LogP contribution in [0.2, 0.25) is 0 Å². The second-order valence-electron chi connectivity index (χ2n) is 7.85. The molecule has 0 aliphatic carbocycles. The molecule has 3 aromatic rings. The van der Waals surface area contributed by atoms with Crippen LogP contribution in [0, 0.1) is 0 Å². The number of rotatable bonds is 3. The summed E-state index contributed by atoms with van der Waals surface area (Å²) in [5.41, 5.74) is -0.0601. The third-order valence-corrected chi connectivity index (χ3v) is 6.16. The maximum Gasteiger partial charge on any atom is 0.293 e.